The van der Waals surface area contributed by atoms with E-state index in [2.05, 4.69) is 0 Å². The molecule has 1 rings (SSSR count). The fourth-order valence-corrected chi connectivity index (χ4v) is 0.938. The third-order valence-electron chi connectivity index (χ3n) is 1.61. The second-order valence-electron chi connectivity index (χ2n) is 2.40. The highest BCUT2D eigenvalue weighted by Crippen LogP contribution is 2.25. The Bertz CT molecular complexity index is 106. The first kappa shape index (κ1) is 7.94. The van der Waals surface area contributed by atoms with E-state index in [-0.39, 0.29) is 25.4 Å². The summed E-state index contributed by atoms with van der Waals surface area (Å²) in [5, 5.41) is 26.0. The molecule has 0 saturated carbocycles. The van der Waals surface area contributed by atoms with E-state index in [9.17, 15) is 0 Å². The van der Waals surface area contributed by atoms with Gasteiger partial charge in [-0.3, -0.25) is 0 Å². The molecule has 1 aliphatic rings. The standard InChI is InChI=1S/C6H12O4/c7-2-1-4(9)6-5(3-8)10-6/h4-9H,1-3H2. The second kappa shape index (κ2) is 3.30. The van der Waals surface area contributed by atoms with Crippen LogP contribution in [-0.4, -0.2) is 46.8 Å². The Morgan fingerprint density at radius 2 is 2.10 bits per heavy atom. The van der Waals surface area contributed by atoms with Gasteiger partial charge in [0.2, 0.25) is 0 Å². The van der Waals surface area contributed by atoms with E-state index in [1.165, 1.54) is 0 Å². The number of aliphatic hydroxyl groups excluding tert-OH is 3. The Morgan fingerprint density at radius 1 is 1.40 bits per heavy atom. The van der Waals surface area contributed by atoms with Gasteiger partial charge in [0.1, 0.15) is 12.2 Å². The average Bonchev–Trinajstić information content (AvgIpc) is 2.66. The molecule has 0 aromatic carbocycles. The summed E-state index contributed by atoms with van der Waals surface area (Å²) < 4.78 is 4.87. The summed E-state index contributed by atoms with van der Waals surface area (Å²) in [5.74, 6) is 0. The van der Waals surface area contributed by atoms with Crippen molar-refractivity contribution in [3.05, 3.63) is 0 Å². The van der Waals surface area contributed by atoms with Crippen LogP contribution in [0.2, 0.25) is 0 Å². The monoisotopic (exact) mass is 148 g/mol. The zero-order chi connectivity index (χ0) is 7.56. The van der Waals surface area contributed by atoms with Crippen molar-refractivity contribution in [2.45, 2.75) is 24.7 Å². The van der Waals surface area contributed by atoms with Crippen LogP contribution in [-0.2, 0) is 4.74 Å². The molecule has 0 radical (unpaired) electrons. The maximum absolute atomic E-state index is 9.09. The molecule has 0 amide bonds. The summed E-state index contributed by atoms with van der Waals surface area (Å²) in [5.41, 5.74) is 0. The molecule has 4 heteroatoms. The minimum atomic E-state index is -0.623. The first-order chi connectivity index (χ1) is 4.79. The van der Waals surface area contributed by atoms with Gasteiger partial charge in [-0.15, -0.1) is 0 Å². The van der Waals surface area contributed by atoms with Crippen LogP contribution in [0.15, 0.2) is 0 Å². The Balaban J connectivity index is 2.12. The molecule has 60 valence electrons. The Hall–Kier alpha value is -0.160. The SMILES string of the molecule is OCCC(O)C1OC1CO. The smallest absolute Gasteiger partial charge is 0.112 e. The van der Waals surface area contributed by atoms with Gasteiger partial charge < -0.3 is 20.1 Å². The van der Waals surface area contributed by atoms with E-state index < -0.39 is 6.10 Å². The van der Waals surface area contributed by atoms with Crippen LogP contribution in [0, 0.1) is 0 Å². The Kier molecular flexibility index (Phi) is 2.62. The second-order valence-corrected chi connectivity index (χ2v) is 2.40. The van der Waals surface area contributed by atoms with Crippen LogP contribution in [0.4, 0.5) is 0 Å². The molecule has 0 spiro atoms. The number of rotatable bonds is 4. The molecule has 1 heterocycles. The molecule has 3 unspecified atom stereocenters. The van der Waals surface area contributed by atoms with Crippen LogP contribution in [0.25, 0.3) is 0 Å². The van der Waals surface area contributed by atoms with Crippen molar-refractivity contribution in [3.63, 3.8) is 0 Å². The van der Waals surface area contributed by atoms with Gasteiger partial charge in [-0.05, 0) is 6.42 Å². The van der Waals surface area contributed by atoms with Gasteiger partial charge in [0.25, 0.3) is 0 Å². The van der Waals surface area contributed by atoms with Gasteiger partial charge in [-0.25, -0.2) is 0 Å². The van der Waals surface area contributed by atoms with Gasteiger partial charge in [-0.2, -0.15) is 0 Å². The largest absolute Gasteiger partial charge is 0.396 e. The van der Waals surface area contributed by atoms with E-state index in [1.807, 2.05) is 0 Å². The summed E-state index contributed by atoms with van der Waals surface area (Å²) in [6.07, 6.45) is -0.762. The van der Waals surface area contributed by atoms with E-state index in [0.29, 0.717) is 6.42 Å². The molecule has 3 atom stereocenters. The van der Waals surface area contributed by atoms with Gasteiger partial charge >= 0.3 is 0 Å². The molecule has 0 aliphatic carbocycles. The highest BCUT2D eigenvalue weighted by molar-refractivity contribution is 4.89. The van der Waals surface area contributed by atoms with Crippen molar-refractivity contribution >= 4 is 0 Å². The molecule has 0 aromatic heterocycles. The predicted molar refractivity (Wildman–Crippen MR) is 33.5 cm³/mol. The fourth-order valence-electron chi connectivity index (χ4n) is 0.938. The number of aliphatic hydroxyl groups is 3. The topological polar surface area (TPSA) is 73.2 Å². The number of hydrogen-bond acceptors (Lipinski definition) is 4. The lowest BCUT2D eigenvalue weighted by molar-refractivity contribution is 0.103. The van der Waals surface area contributed by atoms with E-state index in [0.717, 1.165) is 0 Å². The molecule has 1 aliphatic heterocycles. The minimum Gasteiger partial charge on any atom is -0.396 e. The maximum Gasteiger partial charge on any atom is 0.112 e. The van der Waals surface area contributed by atoms with Crippen molar-refractivity contribution in [1.82, 2.24) is 0 Å². The summed E-state index contributed by atoms with van der Waals surface area (Å²) in [7, 11) is 0. The molecular weight excluding hydrogens is 136 g/mol. The number of epoxide rings is 1. The van der Waals surface area contributed by atoms with Gasteiger partial charge in [0, 0.05) is 6.61 Å². The average molecular weight is 148 g/mol. The van der Waals surface area contributed by atoms with Crippen LogP contribution in [0.3, 0.4) is 0 Å². The minimum absolute atomic E-state index is 0.0425. The van der Waals surface area contributed by atoms with Crippen molar-refractivity contribution in [2.75, 3.05) is 13.2 Å². The van der Waals surface area contributed by atoms with Crippen LogP contribution < -0.4 is 0 Å². The van der Waals surface area contributed by atoms with Gasteiger partial charge in [0.15, 0.2) is 0 Å². The third kappa shape index (κ3) is 1.67. The number of ether oxygens (including phenoxy) is 1. The zero-order valence-corrected chi connectivity index (χ0v) is 5.60. The lowest BCUT2D eigenvalue weighted by atomic mass is 10.1. The highest BCUT2D eigenvalue weighted by atomic mass is 16.6. The highest BCUT2D eigenvalue weighted by Gasteiger charge is 2.43. The quantitative estimate of drug-likeness (QED) is 0.424. The summed E-state index contributed by atoms with van der Waals surface area (Å²) >= 11 is 0. The Morgan fingerprint density at radius 3 is 2.50 bits per heavy atom. The lowest BCUT2D eigenvalue weighted by Gasteiger charge is -2.02. The van der Waals surface area contributed by atoms with Crippen molar-refractivity contribution in [3.8, 4) is 0 Å². The first-order valence-electron chi connectivity index (χ1n) is 3.35. The molecule has 0 bridgehead atoms. The maximum atomic E-state index is 9.09. The summed E-state index contributed by atoms with van der Waals surface area (Å²) in [6, 6.07) is 0. The molecule has 0 aromatic rings. The van der Waals surface area contributed by atoms with Gasteiger partial charge in [0.05, 0.1) is 12.7 Å². The van der Waals surface area contributed by atoms with Crippen molar-refractivity contribution < 1.29 is 20.1 Å². The number of hydrogen-bond donors (Lipinski definition) is 3. The molecular formula is C6H12O4. The summed E-state index contributed by atoms with van der Waals surface area (Å²) in [4.78, 5) is 0. The predicted octanol–water partition coefficient (Wildman–Crippen LogP) is -1.51. The fraction of sp³-hybridized carbons (Fsp3) is 1.00. The summed E-state index contributed by atoms with van der Waals surface area (Å²) in [6.45, 7) is -0.0909. The molecule has 1 fully saturated rings. The molecule has 1 saturated heterocycles. The van der Waals surface area contributed by atoms with Crippen LogP contribution in [0.5, 0.6) is 0 Å². The van der Waals surface area contributed by atoms with Crippen LogP contribution >= 0.6 is 0 Å². The normalized spacial score (nSPS) is 33.9. The zero-order valence-electron chi connectivity index (χ0n) is 5.60. The first-order valence-corrected chi connectivity index (χ1v) is 3.35. The molecule has 3 N–H and O–H groups in total. The molecule has 4 nitrogen and oxygen atoms in total. The lowest BCUT2D eigenvalue weighted by Crippen LogP contribution is -2.19. The third-order valence-corrected chi connectivity index (χ3v) is 1.61. The van der Waals surface area contributed by atoms with Crippen LogP contribution in [0.1, 0.15) is 6.42 Å². The van der Waals surface area contributed by atoms with Gasteiger partial charge in [-0.1, -0.05) is 0 Å². The Labute approximate surface area is 59.1 Å². The van der Waals surface area contributed by atoms with E-state index >= 15 is 0 Å². The molecule has 10 heavy (non-hydrogen) atoms. The van der Waals surface area contributed by atoms with Crippen molar-refractivity contribution in [1.29, 1.82) is 0 Å². The van der Waals surface area contributed by atoms with Crippen molar-refractivity contribution in [2.24, 2.45) is 0 Å². The van der Waals surface area contributed by atoms with E-state index in [1.54, 1.807) is 0 Å². The van der Waals surface area contributed by atoms with E-state index in [4.69, 9.17) is 20.1 Å².